The zero-order valence-electron chi connectivity index (χ0n) is 11.2. The Balaban J connectivity index is 1.57. The Kier molecular flexibility index (Phi) is 3.21. The van der Waals surface area contributed by atoms with Gasteiger partial charge in [-0.15, -0.1) is 11.3 Å². The lowest BCUT2D eigenvalue weighted by molar-refractivity contribution is 0.102. The van der Waals surface area contributed by atoms with Gasteiger partial charge in [0.2, 0.25) is 0 Å². The van der Waals surface area contributed by atoms with E-state index in [9.17, 15) is 4.79 Å². The number of carbonyl (C=O) groups excluding carboxylic acids is 1. The summed E-state index contributed by atoms with van der Waals surface area (Å²) in [6.07, 6.45) is 0. The summed E-state index contributed by atoms with van der Waals surface area (Å²) in [6, 6.07) is 13.5. The highest BCUT2D eigenvalue weighted by atomic mass is 32.1. The summed E-state index contributed by atoms with van der Waals surface area (Å²) in [5.74, 6) is -0.266. The average molecular weight is 326 g/mol. The minimum Gasteiger partial charge on any atom is -0.296 e. The van der Waals surface area contributed by atoms with Gasteiger partial charge in [-0.2, -0.15) is 5.10 Å². The van der Waals surface area contributed by atoms with E-state index in [0.717, 1.165) is 20.8 Å². The van der Waals surface area contributed by atoms with Gasteiger partial charge in [0.15, 0.2) is 10.8 Å². The zero-order chi connectivity index (χ0) is 14.9. The fourth-order valence-electron chi connectivity index (χ4n) is 2.08. The standard InChI is InChI=1S/C15H10N4OS2/c20-14(11-8-10(18-19-11)12-6-3-7-21-12)17-15-16-9-4-1-2-5-13(9)22-15/h1-8H,(H,18,19)(H,16,17,20). The van der Waals surface area contributed by atoms with Crippen molar-refractivity contribution >= 4 is 43.9 Å². The van der Waals surface area contributed by atoms with Crippen LogP contribution in [0.3, 0.4) is 0 Å². The van der Waals surface area contributed by atoms with E-state index in [2.05, 4.69) is 20.5 Å². The number of hydrogen-bond donors (Lipinski definition) is 2. The summed E-state index contributed by atoms with van der Waals surface area (Å²) in [5.41, 5.74) is 2.07. The molecule has 0 spiro atoms. The van der Waals surface area contributed by atoms with Crippen molar-refractivity contribution in [2.24, 2.45) is 0 Å². The number of rotatable bonds is 3. The van der Waals surface area contributed by atoms with Gasteiger partial charge in [0, 0.05) is 0 Å². The first-order valence-electron chi connectivity index (χ1n) is 6.56. The molecule has 22 heavy (non-hydrogen) atoms. The Morgan fingerprint density at radius 2 is 2.09 bits per heavy atom. The van der Waals surface area contributed by atoms with Crippen molar-refractivity contribution in [2.75, 3.05) is 5.32 Å². The fourth-order valence-corrected chi connectivity index (χ4v) is 3.64. The Morgan fingerprint density at radius 1 is 1.18 bits per heavy atom. The molecule has 0 fully saturated rings. The molecule has 1 aromatic carbocycles. The number of benzene rings is 1. The summed E-state index contributed by atoms with van der Waals surface area (Å²) in [5, 5.41) is 12.3. The maximum Gasteiger partial charge on any atom is 0.277 e. The third kappa shape index (κ3) is 2.40. The van der Waals surface area contributed by atoms with Crippen molar-refractivity contribution in [3.05, 3.63) is 53.5 Å². The molecule has 3 heterocycles. The second kappa shape index (κ2) is 5.36. The lowest BCUT2D eigenvalue weighted by Gasteiger charge is -1.96. The number of thiophene rings is 1. The van der Waals surface area contributed by atoms with Crippen LogP contribution in [0.4, 0.5) is 5.13 Å². The van der Waals surface area contributed by atoms with Gasteiger partial charge in [-0.25, -0.2) is 4.98 Å². The van der Waals surface area contributed by atoms with Gasteiger partial charge in [0.1, 0.15) is 0 Å². The van der Waals surface area contributed by atoms with Crippen LogP contribution in [0.15, 0.2) is 47.8 Å². The quantitative estimate of drug-likeness (QED) is 0.598. The number of fused-ring (bicyclic) bond motifs is 1. The smallest absolute Gasteiger partial charge is 0.277 e. The number of amides is 1. The molecule has 4 aromatic rings. The van der Waals surface area contributed by atoms with E-state index in [-0.39, 0.29) is 5.91 Å². The van der Waals surface area contributed by atoms with E-state index in [0.29, 0.717) is 10.8 Å². The number of nitrogens with one attached hydrogen (secondary N) is 2. The molecule has 0 radical (unpaired) electrons. The third-order valence-electron chi connectivity index (χ3n) is 3.11. The second-order valence-corrected chi connectivity index (χ2v) is 6.56. The summed E-state index contributed by atoms with van der Waals surface area (Å²) < 4.78 is 1.04. The molecule has 3 aromatic heterocycles. The first kappa shape index (κ1) is 13.2. The van der Waals surface area contributed by atoms with Gasteiger partial charge < -0.3 is 0 Å². The van der Waals surface area contributed by atoms with Crippen molar-refractivity contribution < 1.29 is 4.79 Å². The monoisotopic (exact) mass is 326 g/mol. The third-order valence-corrected chi connectivity index (χ3v) is 4.97. The summed E-state index contributed by atoms with van der Waals surface area (Å²) in [6.45, 7) is 0. The van der Waals surface area contributed by atoms with E-state index in [1.807, 2.05) is 41.8 Å². The predicted octanol–water partition coefficient (Wildman–Crippen LogP) is 4.00. The Hall–Kier alpha value is -2.51. The van der Waals surface area contributed by atoms with E-state index in [4.69, 9.17) is 0 Å². The maximum absolute atomic E-state index is 12.3. The maximum atomic E-state index is 12.3. The molecular weight excluding hydrogens is 316 g/mol. The van der Waals surface area contributed by atoms with Crippen LogP contribution >= 0.6 is 22.7 Å². The van der Waals surface area contributed by atoms with Crippen LogP contribution in [0.2, 0.25) is 0 Å². The van der Waals surface area contributed by atoms with Crippen molar-refractivity contribution in [1.82, 2.24) is 15.2 Å². The van der Waals surface area contributed by atoms with Gasteiger partial charge in [-0.05, 0) is 29.6 Å². The van der Waals surface area contributed by atoms with Crippen LogP contribution in [0.1, 0.15) is 10.5 Å². The molecule has 0 atom stereocenters. The number of H-pyrrole nitrogens is 1. The van der Waals surface area contributed by atoms with Crippen molar-refractivity contribution in [2.45, 2.75) is 0 Å². The first-order valence-corrected chi connectivity index (χ1v) is 8.25. The fraction of sp³-hybridized carbons (Fsp3) is 0. The molecule has 5 nitrogen and oxygen atoms in total. The second-order valence-electron chi connectivity index (χ2n) is 4.59. The van der Waals surface area contributed by atoms with Crippen molar-refractivity contribution in [3.8, 4) is 10.6 Å². The molecule has 0 saturated heterocycles. The number of para-hydroxylation sites is 1. The largest absolute Gasteiger partial charge is 0.296 e. The molecule has 2 N–H and O–H groups in total. The van der Waals surface area contributed by atoms with Gasteiger partial charge in [-0.3, -0.25) is 15.2 Å². The van der Waals surface area contributed by atoms with Crippen LogP contribution in [0.25, 0.3) is 20.8 Å². The zero-order valence-corrected chi connectivity index (χ0v) is 12.9. The van der Waals surface area contributed by atoms with Crippen LogP contribution in [0.5, 0.6) is 0 Å². The van der Waals surface area contributed by atoms with Gasteiger partial charge in [-0.1, -0.05) is 29.5 Å². The average Bonchev–Trinajstić information content (AvgIpc) is 3.26. The summed E-state index contributed by atoms with van der Waals surface area (Å²) in [7, 11) is 0. The topological polar surface area (TPSA) is 70.7 Å². The Bertz CT molecular complexity index is 906. The molecule has 7 heteroatoms. The molecule has 108 valence electrons. The van der Waals surface area contributed by atoms with Gasteiger partial charge in [0.05, 0.1) is 20.8 Å². The lowest BCUT2D eigenvalue weighted by atomic mass is 10.3. The highest BCUT2D eigenvalue weighted by Gasteiger charge is 2.14. The number of anilines is 1. The van der Waals surface area contributed by atoms with Crippen LogP contribution in [0, 0.1) is 0 Å². The molecule has 4 rings (SSSR count). The lowest BCUT2D eigenvalue weighted by Crippen LogP contribution is -2.11. The normalized spacial score (nSPS) is 10.9. The number of hydrogen-bond acceptors (Lipinski definition) is 5. The molecule has 0 aliphatic heterocycles. The van der Waals surface area contributed by atoms with E-state index < -0.39 is 0 Å². The van der Waals surface area contributed by atoms with Gasteiger partial charge in [0.25, 0.3) is 5.91 Å². The van der Waals surface area contributed by atoms with Crippen LogP contribution in [-0.4, -0.2) is 21.1 Å². The first-order chi connectivity index (χ1) is 10.8. The highest BCUT2D eigenvalue weighted by Crippen LogP contribution is 2.26. The predicted molar refractivity (Wildman–Crippen MR) is 89.5 cm³/mol. The van der Waals surface area contributed by atoms with Gasteiger partial charge >= 0.3 is 0 Å². The van der Waals surface area contributed by atoms with Crippen LogP contribution < -0.4 is 5.32 Å². The Morgan fingerprint density at radius 3 is 2.91 bits per heavy atom. The number of nitrogens with zero attached hydrogens (tertiary/aromatic N) is 2. The molecule has 0 saturated carbocycles. The number of aromatic amines is 1. The minimum atomic E-state index is -0.266. The van der Waals surface area contributed by atoms with E-state index in [1.165, 1.54) is 11.3 Å². The van der Waals surface area contributed by atoms with Crippen molar-refractivity contribution in [3.63, 3.8) is 0 Å². The number of aromatic nitrogens is 3. The molecule has 0 aliphatic carbocycles. The highest BCUT2D eigenvalue weighted by molar-refractivity contribution is 7.22. The minimum absolute atomic E-state index is 0.266. The Labute approximate surface area is 133 Å². The van der Waals surface area contributed by atoms with Crippen molar-refractivity contribution in [1.29, 1.82) is 0 Å². The molecule has 1 amide bonds. The summed E-state index contributed by atoms with van der Waals surface area (Å²) >= 11 is 3.04. The molecule has 0 unspecified atom stereocenters. The number of carbonyl (C=O) groups is 1. The molecule has 0 aliphatic rings. The van der Waals surface area contributed by atoms with Crippen LogP contribution in [-0.2, 0) is 0 Å². The van der Waals surface area contributed by atoms with E-state index >= 15 is 0 Å². The summed E-state index contributed by atoms with van der Waals surface area (Å²) in [4.78, 5) is 17.7. The SMILES string of the molecule is O=C(Nc1nc2ccccc2s1)c1cc(-c2cccs2)[nH]n1. The van der Waals surface area contributed by atoms with E-state index in [1.54, 1.807) is 17.4 Å². The molecular formula is C15H10N4OS2. The molecule has 0 bridgehead atoms. The number of thiazole rings is 1.